The molecule has 0 saturated heterocycles. The molecular weight excluding hydrogens is 520 g/mol. The van der Waals surface area contributed by atoms with Gasteiger partial charge in [-0.15, -0.1) is 0 Å². The summed E-state index contributed by atoms with van der Waals surface area (Å²) in [5, 5.41) is 12.9. The molecule has 1 unspecified atom stereocenters. The molecule has 1 aliphatic carbocycles. The number of nitrogens with zero attached hydrogens (tertiary/aromatic N) is 1. The summed E-state index contributed by atoms with van der Waals surface area (Å²) in [6, 6.07) is 8.67. The van der Waals surface area contributed by atoms with E-state index in [-0.39, 0.29) is 20.3 Å². The van der Waals surface area contributed by atoms with Gasteiger partial charge in [-0.3, -0.25) is 0 Å². The van der Waals surface area contributed by atoms with Gasteiger partial charge < -0.3 is 0 Å². The van der Waals surface area contributed by atoms with E-state index in [0.29, 0.717) is 5.75 Å². The summed E-state index contributed by atoms with van der Waals surface area (Å²) in [7, 11) is -2.30. The Bertz CT molecular complexity index is 1050. The maximum absolute atomic E-state index is 12.1. The van der Waals surface area contributed by atoms with Crippen LogP contribution in [0.4, 0.5) is 5.69 Å². The molecule has 0 saturated carbocycles. The van der Waals surface area contributed by atoms with Gasteiger partial charge in [0.1, 0.15) is 0 Å². The topological polar surface area (TPSA) is 49.7 Å². The summed E-state index contributed by atoms with van der Waals surface area (Å²) in [5.74, 6) is 0.309. The van der Waals surface area contributed by atoms with Gasteiger partial charge in [-0.2, -0.15) is 0 Å². The third kappa shape index (κ3) is 2.76. The number of rotatable bonds is 3. The van der Waals surface area contributed by atoms with Gasteiger partial charge in [0, 0.05) is 0 Å². The van der Waals surface area contributed by atoms with Crippen molar-refractivity contribution < 1.29 is 9.90 Å². The average molecular weight is 536 g/mol. The fourth-order valence-electron chi connectivity index (χ4n) is 3.75. The summed E-state index contributed by atoms with van der Waals surface area (Å²) in [6.45, 7) is 6.23. The minimum absolute atomic E-state index is 0.00686. The van der Waals surface area contributed by atoms with E-state index >= 15 is 0 Å². The minimum atomic E-state index is -2.30. The summed E-state index contributed by atoms with van der Waals surface area (Å²) in [5.41, 5.74) is 2.72. The summed E-state index contributed by atoms with van der Waals surface area (Å²) >= 11 is 2.55. The van der Waals surface area contributed by atoms with E-state index in [1.807, 2.05) is 18.2 Å². The van der Waals surface area contributed by atoms with Crippen LogP contribution in [0, 0.1) is 2.44 Å². The molecule has 0 amide bonds. The molecule has 0 bridgehead atoms. The molecule has 2 aliphatic rings. The second-order valence-electron chi connectivity index (χ2n) is 6.57. The molecule has 130 valence electrons. The Labute approximate surface area is 172 Å². The number of benzene rings is 1. The van der Waals surface area contributed by atoms with Crippen LogP contribution >= 0.6 is 22.6 Å². The van der Waals surface area contributed by atoms with Crippen LogP contribution in [0.3, 0.4) is 0 Å². The van der Waals surface area contributed by atoms with E-state index in [1.165, 1.54) is 6.88 Å². The number of halogens is 1. The van der Waals surface area contributed by atoms with Crippen molar-refractivity contribution in [2.24, 2.45) is 4.99 Å². The number of allylic oxidation sites excluding steroid dienone is 5. The molecule has 2 heterocycles. The molecule has 0 radical (unpaired) electrons. The van der Waals surface area contributed by atoms with Gasteiger partial charge in [-0.25, -0.2) is 0 Å². The number of aromatic hydroxyl groups is 1. The number of hydrogen-bond donors (Lipinski definition) is 1. The normalized spacial score (nSPS) is 20.9. The van der Waals surface area contributed by atoms with E-state index in [9.17, 15) is 9.90 Å². The standard InChI is InChI=1S/C20H16INO2SeSi/c1-3-10-26(2)17-11-12(23)4-5-13(17)22-14-6-7-15(24)19(20(14)26)16-8-9-18(21)25-16/h3-9,11,24H,1,10H2,2H3. The van der Waals surface area contributed by atoms with Crippen LogP contribution < -0.4 is 5.19 Å². The Morgan fingerprint density at radius 3 is 2.81 bits per heavy atom. The predicted octanol–water partition coefficient (Wildman–Crippen LogP) is 3.88. The molecule has 1 aromatic carbocycles. The molecule has 1 N–H and O–H groups in total. The molecular formula is C20H16INO2SeSi. The molecule has 26 heavy (non-hydrogen) atoms. The summed E-state index contributed by atoms with van der Waals surface area (Å²) < 4.78 is 2.49. The fourth-order valence-corrected chi connectivity index (χ4v) is 11.0. The summed E-state index contributed by atoms with van der Waals surface area (Å²) in [4.78, 5) is 16.9. The monoisotopic (exact) mass is 537 g/mol. The molecule has 1 aliphatic heterocycles. The number of carbonyl (C=O) groups excluding carboxylic acids is 1. The first-order valence-corrected chi connectivity index (χ1v) is 13.7. The summed E-state index contributed by atoms with van der Waals surface area (Å²) in [6.07, 6.45) is 7.07. The van der Waals surface area contributed by atoms with Crippen LogP contribution in [-0.2, 0) is 4.79 Å². The molecule has 0 spiro atoms. The van der Waals surface area contributed by atoms with Gasteiger partial charge in [0.2, 0.25) is 0 Å². The molecule has 1 atom stereocenters. The Balaban J connectivity index is 2.09. The third-order valence-electron chi connectivity index (χ3n) is 4.89. The second-order valence-corrected chi connectivity index (χ2v) is 15.8. The van der Waals surface area contributed by atoms with Crippen LogP contribution in [0.1, 0.15) is 0 Å². The van der Waals surface area contributed by atoms with Gasteiger partial charge in [0.05, 0.1) is 0 Å². The van der Waals surface area contributed by atoms with E-state index in [2.05, 4.69) is 47.8 Å². The molecule has 6 heteroatoms. The Kier molecular flexibility index (Phi) is 4.55. The van der Waals surface area contributed by atoms with Gasteiger partial charge in [0.15, 0.2) is 0 Å². The molecule has 2 aromatic rings. The maximum atomic E-state index is 12.1. The van der Waals surface area contributed by atoms with Gasteiger partial charge in [-0.05, 0) is 0 Å². The van der Waals surface area contributed by atoms with Crippen molar-refractivity contribution in [1.82, 2.24) is 0 Å². The fraction of sp³-hybridized carbons (Fsp3) is 0.100. The van der Waals surface area contributed by atoms with Crippen molar-refractivity contribution in [3.63, 3.8) is 0 Å². The van der Waals surface area contributed by atoms with Crippen molar-refractivity contribution in [3.05, 3.63) is 62.8 Å². The van der Waals surface area contributed by atoms with E-state index in [4.69, 9.17) is 4.99 Å². The number of hydrogen-bond acceptors (Lipinski definition) is 3. The first-order valence-electron chi connectivity index (χ1n) is 8.20. The number of aliphatic imine (C=N–C) groups is 1. The molecule has 0 fully saturated rings. The quantitative estimate of drug-likeness (QED) is 0.280. The van der Waals surface area contributed by atoms with E-state index in [0.717, 1.165) is 33.4 Å². The van der Waals surface area contributed by atoms with Gasteiger partial charge in [0.25, 0.3) is 0 Å². The Morgan fingerprint density at radius 2 is 2.12 bits per heavy atom. The van der Waals surface area contributed by atoms with Crippen molar-refractivity contribution in [1.29, 1.82) is 0 Å². The second kappa shape index (κ2) is 6.60. The zero-order chi connectivity index (χ0) is 18.5. The van der Waals surface area contributed by atoms with E-state index in [1.54, 1.807) is 18.2 Å². The van der Waals surface area contributed by atoms with Crippen LogP contribution in [-0.4, -0.2) is 39.2 Å². The van der Waals surface area contributed by atoms with Crippen LogP contribution in [0.25, 0.3) is 10.0 Å². The Morgan fingerprint density at radius 1 is 1.31 bits per heavy atom. The first-order chi connectivity index (χ1) is 12.4. The molecule has 3 nitrogen and oxygen atoms in total. The van der Waals surface area contributed by atoms with Crippen LogP contribution in [0.5, 0.6) is 5.75 Å². The molecule has 4 rings (SSSR count). The van der Waals surface area contributed by atoms with Crippen molar-refractivity contribution in [3.8, 4) is 15.8 Å². The van der Waals surface area contributed by atoms with Crippen molar-refractivity contribution in [2.75, 3.05) is 0 Å². The number of ketones is 1. The zero-order valence-corrected chi connectivity index (χ0v) is 19.0. The molecule has 1 aromatic heterocycles. The zero-order valence-electron chi connectivity index (χ0n) is 14.1. The predicted molar refractivity (Wildman–Crippen MR) is 119 cm³/mol. The average Bonchev–Trinajstić information content (AvgIpc) is 3.03. The number of phenols is 1. The van der Waals surface area contributed by atoms with Crippen LogP contribution in [0.15, 0.2) is 65.3 Å². The van der Waals surface area contributed by atoms with Crippen LogP contribution in [0.2, 0.25) is 12.6 Å². The number of carbonyl (C=O) groups is 1. The SMILES string of the molecule is C=CC[Si]1(C)C2=CC(=O)C=CC2=Nc2ccc(O)c(-c3ccc(I)[se]3)c21. The number of fused-ring (bicyclic) bond motifs is 2. The van der Waals surface area contributed by atoms with E-state index < -0.39 is 8.07 Å². The first kappa shape index (κ1) is 17.9. The van der Waals surface area contributed by atoms with Gasteiger partial charge >= 0.3 is 174 Å². The third-order valence-corrected chi connectivity index (χ3v) is 12.6. The Hall–Kier alpha value is -1.47. The van der Waals surface area contributed by atoms with Crippen molar-refractivity contribution >= 4 is 67.5 Å². The van der Waals surface area contributed by atoms with Crippen molar-refractivity contribution in [2.45, 2.75) is 12.6 Å². The van der Waals surface area contributed by atoms with Gasteiger partial charge in [-0.1, -0.05) is 0 Å². The number of phenolic OH excluding ortho intramolecular Hbond substituents is 1.